The SMILES string of the molecule is CCCCC(CC)CC(CC)/C(=C\N)CCC. The third-order valence-corrected chi connectivity index (χ3v) is 3.93. The first-order chi connectivity index (χ1) is 8.23. The van der Waals surface area contributed by atoms with E-state index in [1.165, 1.54) is 56.9 Å². The van der Waals surface area contributed by atoms with Crippen LogP contribution in [0.4, 0.5) is 0 Å². The lowest BCUT2D eigenvalue weighted by Gasteiger charge is -2.24. The van der Waals surface area contributed by atoms with Gasteiger partial charge in [-0.1, -0.05) is 65.4 Å². The molecule has 0 aromatic heterocycles. The van der Waals surface area contributed by atoms with Crippen LogP contribution in [0.1, 0.15) is 79.1 Å². The van der Waals surface area contributed by atoms with E-state index < -0.39 is 0 Å². The van der Waals surface area contributed by atoms with Crippen molar-refractivity contribution in [2.75, 3.05) is 0 Å². The molecule has 0 aromatic rings. The lowest BCUT2D eigenvalue weighted by Crippen LogP contribution is -2.12. The van der Waals surface area contributed by atoms with Crippen molar-refractivity contribution >= 4 is 0 Å². The normalized spacial score (nSPS) is 15.9. The Bertz CT molecular complexity index is 196. The molecule has 0 bridgehead atoms. The number of hydrogen-bond acceptors (Lipinski definition) is 1. The summed E-state index contributed by atoms with van der Waals surface area (Å²) in [7, 11) is 0. The molecule has 1 nitrogen and oxygen atoms in total. The van der Waals surface area contributed by atoms with Crippen LogP contribution in [0.15, 0.2) is 11.8 Å². The average molecular weight is 239 g/mol. The van der Waals surface area contributed by atoms with Crippen molar-refractivity contribution < 1.29 is 0 Å². The summed E-state index contributed by atoms with van der Waals surface area (Å²) < 4.78 is 0. The standard InChI is InChI=1S/C16H33N/c1-5-9-11-14(7-3)12-15(8-4)16(13-17)10-6-2/h13-15H,5-12,17H2,1-4H3/b16-13-. The molecule has 0 saturated heterocycles. The van der Waals surface area contributed by atoms with E-state index in [4.69, 9.17) is 5.73 Å². The van der Waals surface area contributed by atoms with Crippen molar-refractivity contribution in [3.8, 4) is 0 Å². The highest BCUT2D eigenvalue weighted by Gasteiger charge is 2.16. The molecule has 0 aliphatic heterocycles. The van der Waals surface area contributed by atoms with Gasteiger partial charge in [0.25, 0.3) is 0 Å². The van der Waals surface area contributed by atoms with E-state index >= 15 is 0 Å². The van der Waals surface area contributed by atoms with Gasteiger partial charge in [0, 0.05) is 0 Å². The second-order valence-corrected chi connectivity index (χ2v) is 5.25. The van der Waals surface area contributed by atoms with Crippen LogP contribution in [0.25, 0.3) is 0 Å². The Kier molecular flexibility index (Phi) is 10.4. The lowest BCUT2D eigenvalue weighted by molar-refractivity contribution is 0.352. The largest absolute Gasteiger partial charge is 0.405 e. The smallest absolute Gasteiger partial charge is 0.00676 e. The minimum absolute atomic E-state index is 0.724. The molecular formula is C16H33N. The topological polar surface area (TPSA) is 26.0 Å². The maximum atomic E-state index is 5.79. The van der Waals surface area contributed by atoms with Gasteiger partial charge in [-0.05, 0) is 37.3 Å². The van der Waals surface area contributed by atoms with Crippen LogP contribution < -0.4 is 5.73 Å². The Morgan fingerprint density at radius 2 is 1.76 bits per heavy atom. The minimum atomic E-state index is 0.724. The Balaban J connectivity index is 4.33. The molecular weight excluding hydrogens is 206 g/mol. The summed E-state index contributed by atoms with van der Waals surface area (Å²) in [4.78, 5) is 0. The second-order valence-electron chi connectivity index (χ2n) is 5.25. The summed E-state index contributed by atoms with van der Waals surface area (Å²) in [6.07, 6.45) is 12.3. The van der Waals surface area contributed by atoms with E-state index in [0.29, 0.717) is 0 Å². The summed E-state index contributed by atoms with van der Waals surface area (Å²) in [6.45, 7) is 9.16. The summed E-state index contributed by atoms with van der Waals surface area (Å²) in [5.74, 6) is 1.62. The van der Waals surface area contributed by atoms with Crippen molar-refractivity contribution in [2.45, 2.75) is 79.1 Å². The van der Waals surface area contributed by atoms with Gasteiger partial charge in [0.1, 0.15) is 0 Å². The lowest BCUT2D eigenvalue weighted by atomic mass is 9.82. The van der Waals surface area contributed by atoms with E-state index in [-0.39, 0.29) is 0 Å². The number of nitrogens with two attached hydrogens (primary N) is 1. The van der Waals surface area contributed by atoms with Crippen molar-refractivity contribution in [3.63, 3.8) is 0 Å². The fourth-order valence-electron chi connectivity index (χ4n) is 2.68. The Hall–Kier alpha value is -0.460. The zero-order valence-electron chi connectivity index (χ0n) is 12.5. The number of rotatable bonds is 10. The van der Waals surface area contributed by atoms with Gasteiger partial charge in [0.05, 0.1) is 0 Å². The minimum Gasteiger partial charge on any atom is -0.405 e. The van der Waals surface area contributed by atoms with Crippen LogP contribution in [0.5, 0.6) is 0 Å². The highest BCUT2D eigenvalue weighted by Crippen LogP contribution is 2.29. The predicted molar refractivity (Wildman–Crippen MR) is 78.9 cm³/mol. The number of unbranched alkanes of at least 4 members (excludes halogenated alkanes) is 1. The maximum absolute atomic E-state index is 5.79. The summed E-state index contributed by atoms with van der Waals surface area (Å²) >= 11 is 0. The van der Waals surface area contributed by atoms with Crippen LogP contribution >= 0.6 is 0 Å². The molecule has 0 fully saturated rings. The molecule has 0 amide bonds. The first kappa shape index (κ1) is 16.5. The van der Waals surface area contributed by atoms with Crippen molar-refractivity contribution in [1.29, 1.82) is 0 Å². The van der Waals surface area contributed by atoms with Gasteiger partial charge in [-0.2, -0.15) is 0 Å². The molecule has 1 heteroatoms. The quantitative estimate of drug-likeness (QED) is 0.553. The highest BCUT2D eigenvalue weighted by molar-refractivity contribution is 5.05. The zero-order valence-corrected chi connectivity index (χ0v) is 12.5. The third-order valence-electron chi connectivity index (χ3n) is 3.93. The van der Waals surface area contributed by atoms with Crippen molar-refractivity contribution in [2.24, 2.45) is 17.6 Å². The predicted octanol–water partition coefficient (Wildman–Crippen LogP) is 5.26. The Morgan fingerprint density at radius 1 is 1.06 bits per heavy atom. The molecule has 0 aliphatic carbocycles. The monoisotopic (exact) mass is 239 g/mol. The first-order valence-corrected chi connectivity index (χ1v) is 7.63. The molecule has 2 N–H and O–H groups in total. The van der Waals surface area contributed by atoms with Gasteiger partial charge in [-0.15, -0.1) is 0 Å². The van der Waals surface area contributed by atoms with Crippen LogP contribution in [0, 0.1) is 11.8 Å². The van der Waals surface area contributed by atoms with Gasteiger partial charge in [0.15, 0.2) is 0 Å². The highest BCUT2D eigenvalue weighted by atomic mass is 14.5. The number of allylic oxidation sites excluding steroid dienone is 1. The van der Waals surface area contributed by atoms with Crippen LogP contribution in [-0.4, -0.2) is 0 Å². The molecule has 0 saturated carbocycles. The van der Waals surface area contributed by atoms with Crippen LogP contribution in [0.3, 0.4) is 0 Å². The molecule has 17 heavy (non-hydrogen) atoms. The summed E-state index contributed by atoms with van der Waals surface area (Å²) in [6, 6.07) is 0. The molecule has 0 spiro atoms. The molecule has 0 aromatic carbocycles. The molecule has 0 aliphatic rings. The zero-order chi connectivity index (χ0) is 13.1. The maximum Gasteiger partial charge on any atom is -0.00676 e. The van der Waals surface area contributed by atoms with Crippen LogP contribution in [-0.2, 0) is 0 Å². The molecule has 2 atom stereocenters. The second kappa shape index (κ2) is 10.7. The van der Waals surface area contributed by atoms with E-state index in [9.17, 15) is 0 Å². The van der Waals surface area contributed by atoms with Gasteiger partial charge in [0.2, 0.25) is 0 Å². The van der Waals surface area contributed by atoms with E-state index in [0.717, 1.165) is 11.8 Å². The third kappa shape index (κ3) is 6.75. The fourth-order valence-corrected chi connectivity index (χ4v) is 2.68. The first-order valence-electron chi connectivity index (χ1n) is 7.63. The van der Waals surface area contributed by atoms with E-state index in [1.807, 2.05) is 6.20 Å². The molecule has 2 unspecified atom stereocenters. The van der Waals surface area contributed by atoms with E-state index in [1.54, 1.807) is 0 Å². The van der Waals surface area contributed by atoms with Crippen molar-refractivity contribution in [3.05, 3.63) is 11.8 Å². The molecule has 0 rings (SSSR count). The molecule has 102 valence electrons. The van der Waals surface area contributed by atoms with Gasteiger partial charge in [-0.3, -0.25) is 0 Å². The average Bonchev–Trinajstić information content (AvgIpc) is 2.37. The summed E-state index contributed by atoms with van der Waals surface area (Å²) in [5, 5.41) is 0. The molecule has 0 heterocycles. The van der Waals surface area contributed by atoms with Crippen molar-refractivity contribution in [1.82, 2.24) is 0 Å². The van der Waals surface area contributed by atoms with Gasteiger partial charge in [-0.25, -0.2) is 0 Å². The van der Waals surface area contributed by atoms with Gasteiger partial charge >= 0.3 is 0 Å². The van der Waals surface area contributed by atoms with E-state index in [2.05, 4.69) is 27.7 Å². The van der Waals surface area contributed by atoms with Gasteiger partial charge < -0.3 is 5.73 Å². The molecule has 0 radical (unpaired) electrons. The number of hydrogen-bond donors (Lipinski definition) is 1. The Morgan fingerprint density at radius 3 is 2.18 bits per heavy atom. The Labute approximate surface area is 109 Å². The fraction of sp³-hybridized carbons (Fsp3) is 0.875. The summed E-state index contributed by atoms with van der Waals surface area (Å²) in [5.41, 5.74) is 7.28. The van der Waals surface area contributed by atoms with Crippen LogP contribution in [0.2, 0.25) is 0 Å².